The van der Waals surface area contributed by atoms with Crippen LogP contribution in [0.15, 0.2) is 18.2 Å². The Morgan fingerprint density at radius 2 is 1.95 bits per heavy atom. The SMILES string of the molecule is COC(C1CC1)[C@H]1CN(C)CC[C@@H]1c1ccc(Cl)c(Cl)c1. The van der Waals surface area contributed by atoms with Crippen molar-refractivity contribution in [2.75, 3.05) is 27.2 Å². The third-order valence-electron chi connectivity index (χ3n) is 5.01. The lowest BCUT2D eigenvalue weighted by atomic mass is 9.76. The zero-order chi connectivity index (χ0) is 15.0. The number of benzene rings is 1. The summed E-state index contributed by atoms with van der Waals surface area (Å²) in [6.07, 6.45) is 4.15. The molecule has 0 spiro atoms. The summed E-state index contributed by atoms with van der Waals surface area (Å²) in [5.41, 5.74) is 1.31. The molecule has 1 unspecified atom stereocenters. The molecule has 116 valence electrons. The van der Waals surface area contributed by atoms with E-state index in [0.717, 1.165) is 25.4 Å². The smallest absolute Gasteiger partial charge is 0.0645 e. The van der Waals surface area contributed by atoms with Gasteiger partial charge in [0, 0.05) is 19.6 Å². The fourth-order valence-corrected chi connectivity index (χ4v) is 4.09. The third kappa shape index (κ3) is 3.39. The molecule has 1 aromatic carbocycles. The minimum absolute atomic E-state index is 0.368. The second-order valence-electron chi connectivity index (χ2n) is 6.53. The first-order chi connectivity index (χ1) is 10.1. The maximum Gasteiger partial charge on any atom is 0.0645 e. The summed E-state index contributed by atoms with van der Waals surface area (Å²) in [6, 6.07) is 6.11. The number of likely N-dealkylation sites (tertiary alicyclic amines) is 1. The number of piperidine rings is 1. The average molecular weight is 328 g/mol. The highest BCUT2D eigenvalue weighted by molar-refractivity contribution is 6.42. The Morgan fingerprint density at radius 3 is 2.57 bits per heavy atom. The van der Waals surface area contributed by atoms with E-state index in [4.69, 9.17) is 27.9 Å². The largest absolute Gasteiger partial charge is 0.381 e. The van der Waals surface area contributed by atoms with E-state index in [1.165, 1.54) is 18.4 Å². The van der Waals surface area contributed by atoms with Gasteiger partial charge < -0.3 is 9.64 Å². The maximum absolute atomic E-state index is 6.22. The molecule has 1 saturated carbocycles. The molecule has 0 radical (unpaired) electrons. The Morgan fingerprint density at radius 1 is 1.19 bits per heavy atom. The van der Waals surface area contributed by atoms with Crippen molar-refractivity contribution in [1.29, 1.82) is 0 Å². The fraction of sp³-hybridized carbons (Fsp3) is 0.647. The number of rotatable bonds is 4. The summed E-state index contributed by atoms with van der Waals surface area (Å²) in [5.74, 6) is 1.80. The molecule has 2 nitrogen and oxygen atoms in total. The molecule has 0 amide bonds. The molecule has 0 aromatic heterocycles. The molecule has 3 atom stereocenters. The minimum Gasteiger partial charge on any atom is -0.381 e. The predicted molar refractivity (Wildman–Crippen MR) is 88.3 cm³/mol. The molecule has 4 heteroatoms. The standard InChI is InChI=1S/C17H23Cl2NO/c1-20-8-7-13(12-5-6-15(18)16(19)9-12)14(10-20)17(21-2)11-3-4-11/h5-6,9,11,13-14,17H,3-4,7-8,10H2,1-2H3/t13-,14+,17?/m1/s1. The predicted octanol–water partition coefficient (Wildman–Crippen LogP) is 4.45. The molecular weight excluding hydrogens is 305 g/mol. The molecule has 1 aromatic rings. The summed E-state index contributed by atoms with van der Waals surface area (Å²) in [5, 5.41) is 1.29. The van der Waals surface area contributed by atoms with Gasteiger partial charge in [-0.3, -0.25) is 0 Å². The van der Waals surface area contributed by atoms with Crippen LogP contribution in [0, 0.1) is 11.8 Å². The zero-order valence-electron chi connectivity index (χ0n) is 12.7. The first-order valence-corrected chi connectivity index (χ1v) is 8.52. The van der Waals surface area contributed by atoms with Crippen molar-refractivity contribution >= 4 is 23.2 Å². The Kier molecular flexibility index (Phi) is 4.80. The molecule has 1 saturated heterocycles. The van der Waals surface area contributed by atoms with Gasteiger partial charge in [0.15, 0.2) is 0 Å². The molecule has 1 aliphatic carbocycles. The summed E-state index contributed by atoms with van der Waals surface area (Å²) in [7, 11) is 4.07. The molecule has 1 aliphatic heterocycles. The lowest BCUT2D eigenvalue weighted by Gasteiger charge is -2.41. The summed E-state index contributed by atoms with van der Waals surface area (Å²) >= 11 is 12.3. The Bertz CT molecular complexity index is 504. The first kappa shape index (κ1) is 15.6. The molecule has 1 heterocycles. The van der Waals surface area contributed by atoms with Gasteiger partial charge in [-0.05, 0) is 62.4 Å². The van der Waals surface area contributed by atoms with Crippen LogP contribution in [-0.4, -0.2) is 38.3 Å². The number of hydrogen-bond donors (Lipinski definition) is 0. The fourth-order valence-electron chi connectivity index (χ4n) is 3.78. The van der Waals surface area contributed by atoms with E-state index in [0.29, 0.717) is 28.0 Å². The van der Waals surface area contributed by atoms with E-state index in [2.05, 4.69) is 18.0 Å². The van der Waals surface area contributed by atoms with Gasteiger partial charge >= 0.3 is 0 Å². The van der Waals surface area contributed by atoms with Gasteiger partial charge in [0.05, 0.1) is 16.1 Å². The normalized spacial score (nSPS) is 28.6. The van der Waals surface area contributed by atoms with Gasteiger partial charge in [-0.2, -0.15) is 0 Å². The van der Waals surface area contributed by atoms with Crippen LogP contribution in [-0.2, 0) is 4.74 Å². The van der Waals surface area contributed by atoms with Crippen LogP contribution in [0.5, 0.6) is 0 Å². The van der Waals surface area contributed by atoms with Gasteiger partial charge in [0.2, 0.25) is 0 Å². The Balaban J connectivity index is 1.87. The van der Waals surface area contributed by atoms with Crippen LogP contribution in [0.3, 0.4) is 0 Å². The number of hydrogen-bond acceptors (Lipinski definition) is 2. The van der Waals surface area contributed by atoms with Crippen LogP contribution < -0.4 is 0 Å². The van der Waals surface area contributed by atoms with E-state index in [9.17, 15) is 0 Å². The molecule has 3 rings (SSSR count). The van der Waals surface area contributed by atoms with Crippen molar-refractivity contribution in [2.45, 2.75) is 31.3 Å². The van der Waals surface area contributed by atoms with Gasteiger partial charge in [-0.25, -0.2) is 0 Å². The van der Waals surface area contributed by atoms with Gasteiger partial charge in [-0.15, -0.1) is 0 Å². The van der Waals surface area contributed by atoms with E-state index in [1.54, 1.807) is 0 Å². The van der Waals surface area contributed by atoms with E-state index >= 15 is 0 Å². The molecule has 21 heavy (non-hydrogen) atoms. The Hall–Kier alpha value is -0.280. The van der Waals surface area contributed by atoms with Crippen LogP contribution in [0.1, 0.15) is 30.7 Å². The Labute approximate surface area is 137 Å². The van der Waals surface area contributed by atoms with Crippen molar-refractivity contribution in [3.8, 4) is 0 Å². The van der Waals surface area contributed by atoms with Gasteiger partial charge in [0.25, 0.3) is 0 Å². The average Bonchev–Trinajstić information content (AvgIpc) is 3.28. The van der Waals surface area contributed by atoms with E-state index in [-0.39, 0.29) is 0 Å². The van der Waals surface area contributed by atoms with Crippen LogP contribution in [0.25, 0.3) is 0 Å². The minimum atomic E-state index is 0.368. The number of methoxy groups -OCH3 is 1. The zero-order valence-corrected chi connectivity index (χ0v) is 14.2. The van der Waals surface area contributed by atoms with Crippen molar-refractivity contribution in [1.82, 2.24) is 4.90 Å². The van der Waals surface area contributed by atoms with Crippen molar-refractivity contribution in [3.05, 3.63) is 33.8 Å². The summed E-state index contributed by atoms with van der Waals surface area (Å²) < 4.78 is 5.88. The molecule has 0 N–H and O–H groups in total. The maximum atomic E-state index is 6.22. The van der Waals surface area contributed by atoms with Gasteiger partial charge in [-0.1, -0.05) is 29.3 Å². The van der Waals surface area contributed by atoms with E-state index in [1.807, 2.05) is 19.2 Å². The first-order valence-electron chi connectivity index (χ1n) is 7.76. The molecular formula is C17H23Cl2NO. The van der Waals surface area contributed by atoms with Crippen molar-refractivity contribution < 1.29 is 4.74 Å². The highest BCUT2D eigenvalue weighted by Gasteiger charge is 2.42. The topological polar surface area (TPSA) is 12.5 Å². The van der Waals surface area contributed by atoms with Gasteiger partial charge in [0.1, 0.15) is 0 Å². The molecule has 0 bridgehead atoms. The van der Waals surface area contributed by atoms with Crippen LogP contribution >= 0.6 is 23.2 Å². The number of halogens is 2. The highest BCUT2D eigenvalue weighted by Crippen LogP contribution is 2.45. The summed E-state index contributed by atoms with van der Waals surface area (Å²) in [6.45, 7) is 2.22. The highest BCUT2D eigenvalue weighted by atomic mass is 35.5. The van der Waals surface area contributed by atoms with Crippen molar-refractivity contribution in [3.63, 3.8) is 0 Å². The summed E-state index contributed by atoms with van der Waals surface area (Å²) in [4.78, 5) is 2.42. The number of ether oxygens (including phenoxy) is 1. The van der Waals surface area contributed by atoms with Crippen LogP contribution in [0.2, 0.25) is 10.0 Å². The van der Waals surface area contributed by atoms with Crippen molar-refractivity contribution in [2.24, 2.45) is 11.8 Å². The second kappa shape index (κ2) is 6.45. The lowest BCUT2D eigenvalue weighted by molar-refractivity contribution is -0.00380. The van der Waals surface area contributed by atoms with Crippen LogP contribution in [0.4, 0.5) is 0 Å². The second-order valence-corrected chi connectivity index (χ2v) is 7.35. The molecule has 2 aliphatic rings. The lowest BCUT2D eigenvalue weighted by Crippen LogP contribution is -2.44. The number of nitrogens with zero attached hydrogens (tertiary/aromatic N) is 1. The van der Waals surface area contributed by atoms with E-state index < -0.39 is 0 Å². The monoisotopic (exact) mass is 327 g/mol. The molecule has 2 fully saturated rings. The third-order valence-corrected chi connectivity index (χ3v) is 5.75. The quantitative estimate of drug-likeness (QED) is 0.809.